The molecule has 47 heavy (non-hydrogen) atoms. The lowest BCUT2D eigenvalue weighted by Gasteiger charge is -2.48. The number of rotatable bonds is 4. The molecule has 268 valence electrons. The van der Waals surface area contributed by atoms with Crippen molar-refractivity contribution in [1.29, 1.82) is 0 Å². The SMILES string of the molecule is CC[C@H]1OC(=O)[C@H](C)[C@H]2OC/C(=N/O)CO[C@](C)(C[C@@H](C)C(=O)[C@H](C)[C@@H]3CC(=O)O[C@]13C)[C@H](O[C@@H]1O[C@H](C)C[C@H](N(C)C)[C@H]1O)[C@H]2C. The molecule has 13 heteroatoms. The van der Waals surface area contributed by atoms with Crippen molar-refractivity contribution in [3.8, 4) is 0 Å². The number of hydrogen-bond acceptors (Lipinski definition) is 13. The summed E-state index contributed by atoms with van der Waals surface area (Å²) in [6, 6.07) is -0.243. The first-order valence-electron chi connectivity index (χ1n) is 17.0. The molecule has 0 amide bonds. The molecule has 14 atom stereocenters. The summed E-state index contributed by atoms with van der Waals surface area (Å²) < 4.78 is 37.8. The average molecular weight is 669 g/mol. The number of ether oxygens (including phenoxy) is 6. The molecule has 2 bridgehead atoms. The van der Waals surface area contributed by atoms with Crippen molar-refractivity contribution in [3.05, 3.63) is 0 Å². The molecule has 2 N–H and O–H groups in total. The van der Waals surface area contributed by atoms with Gasteiger partial charge in [0.15, 0.2) is 6.29 Å². The number of carbonyl (C=O) groups excluding carboxylic acids is 3. The van der Waals surface area contributed by atoms with Crippen LogP contribution in [0.25, 0.3) is 0 Å². The Hall–Kier alpha value is -2.16. The molecule has 4 aliphatic rings. The molecular formula is C34H56N2O11. The molecule has 0 aromatic heterocycles. The van der Waals surface area contributed by atoms with E-state index in [2.05, 4.69) is 5.16 Å². The number of esters is 2. The van der Waals surface area contributed by atoms with Crippen LogP contribution in [0, 0.1) is 29.6 Å². The van der Waals surface area contributed by atoms with Crippen LogP contribution in [0.5, 0.6) is 0 Å². The Morgan fingerprint density at radius 1 is 1.04 bits per heavy atom. The Kier molecular flexibility index (Phi) is 11.8. The second-order valence-corrected chi connectivity index (χ2v) is 14.9. The third kappa shape index (κ3) is 7.55. The second kappa shape index (κ2) is 14.8. The highest BCUT2D eigenvalue weighted by atomic mass is 16.7. The van der Waals surface area contributed by atoms with Crippen LogP contribution in [0.1, 0.15) is 81.1 Å². The van der Waals surface area contributed by atoms with Crippen LogP contribution in [-0.2, 0) is 42.8 Å². The molecule has 0 aromatic carbocycles. The number of ketones is 1. The summed E-state index contributed by atoms with van der Waals surface area (Å²) in [6.45, 7) is 14.3. The van der Waals surface area contributed by atoms with Crippen molar-refractivity contribution in [2.75, 3.05) is 27.3 Å². The second-order valence-electron chi connectivity index (χ2n) is 14.9. The standard InChI is InChI=1S/C34H56N2O11/c1-11-25-34(8)23(13-26(37)47-34)19(4)27(38)17(2)14-33(7)30(46-32-28(39)24(36(9)10)12-18(3)44-32)20(5)29(21(6)31(40)45-25)42-15-22(35-41)16-43-33/h17-21,23-25,28-30,32,39,41H,11-16H2,1-10H3/b35-22-/t17-,18-,19-,20+,21-,23+,24+,25-,28-,29+,30-,32+,33-,34+/m1/s1. The van der Waals surface area contributed by atoms with Crippen LogP contribution in [0.2, 0.25) is 0 Å². The third-order valence-corrected chi connectivity index (χ3v) is 11.1. The Bertz CT molecular complexity index is 1180. The molecule has 0 aliphatic carbocycles. The Morgan fingerprint density at radius 2 is 1.72 bits per heavy atom. The normalized spacial score (nSPS) is 46.6. The highest BCUT2D eigenvalue weighted by molar-refractivity contribution is 5.87. The summed E-state index contributed by atoms with van der Waals surface area (Å²) in [4.78, 5) is 42.9. The van der Waals surface area contributed by atoms with E-state index in [1.165, 1.54) is 0 Å². The van der Waals surface area contributed by atoms with Crippen molar-refractivity contribution in [2.24, 2.45) is 34.7 Å². The van der Waals surface area contributed by atoms with Gasteiger partial charge >= 0.3 is 11.9 Å². The van der Waals surface area contributed by atoms with Gasteiger partial charge in [-0.1, -0.05) is 32.9 Å². The lowest BCUT2D eigenvalue weighted by Crippen LogP contribution is -2.60. The van der Waals surface area contributed by atoms with E-state index in [9.17, 15) is 24.7 Å². The molecule has 0 spiro atoms. The van der Waals surface area contributed by atoms with Crippen LogP contribution >= 0.6 is 0 Å². The van der Waals surface area contributed by atoms with E-state index in [4.69, 9.17) is 28.4 Å². The molecule has 0 unspecified atom stereocenters. The minimum Gasteiger partial charge on any atom is -0.458 e. The van der Waals surface area contributed by atoms with Crippen LogP contribution in [0.3, 0.4) is 0 Å². The summed E-state index contributed by atoms with van der Waals surface area (Å²) in [5.41, 5.74) is -2.23. The van der Waals surface area contributed by atoms with Gasteiger partial charge in [0.05, 0.1) is 49.5 Å². The molecule has 4 aliphatic heterocycles. The maximum Gasteiger partial charge on any atom is 0.311 e. The molecule has 0 aromatic rings. The predicted molar refractivity (Wildman–Crippen MR) is 170 cm³/mol. The van der Waals surface area contributed by atoms with E-state index in [1.54, 1.807) is 20.8 Å². The van der Waals surface area contributed by atoms with Gasteiger partial charge < -0.3 is 43.6 Å². The first kappa shape index (κ1) is 37.7. The number of cyclic esters (lactones) is 1. The largest absolute Gasteiger partial charge is 0.458 e. The fourth-order valence-corrected chi connectivity index (χ4v) is 8.41. The number of likely N-dealkylation sites (N-methyl/N-ethyl adjacent to an activating group) is 1. The number of Topliss-reactive ketones (excluding diaryl/α,β-unsaturated/α-hetero) is 1. The summed E-state index contributed by atoms with van der Waals surface area (Å²) in [5, 5.41) is 24.7. The predicted octanol–water partition coefficient (Wildman–Crippen LogP) is 2.96. The maximum absolute atomic E-state index is 14.2. The van der Waals surface area contributed by atoms with Crippen LogP contribution < -0.4 is 0 Å². The lowest BCUT2D eigenvalue weighted by molar-refractivity contribution is -0.302. The van der Waals surface area contributed by atoms with Gasteiger partial charge in [-0.3, -0.25) is 14.4 Å². The maximum atomic E-state index is 14.2. The number of fused-ring (bicyclic) bond motifs is 4. The zero-order chi connectivity index (χ0) is 35.0. The summed E-state index contributed by atoms with van der Waals surface area (Å²) in [5.74, 6) is -4.24. The van der Waals surface area contributed by atoms with Crippen LogP contribution in [0.15, 0.2) is 5.16 Å². The van der Waals surface area contributed by atoms with Gasteiger partial charge in [0.25, 0.3) is 0 Å². The van der Waals surface area contributed by atoms with Gasteiger partial charge in [-0.15, -0.1) is 0 Å². The smallest absolute Gasteiger partial charge is 0.311 e. The molecule has 0 radical (unpaired) electrons. The quantitative estimate of drug-likeness (QED) is 0.256. The van der Waals surface area contributed by atoms with Crippen molar-refractivity contribution in [1.82, 2.24) is 4.90 Å². The first-order chi connectivity index (χ1) is 22.0. The fourth-order valence-electron chi connectivity index (χ4n) is 8.41. The third-order valence-electron chi connectivity index (χ3n) is 11.1. The highest BCUT2D eigenvalue weighted by Gasteiger charge is 2.57. The first-order valence-corrected chi connectivity index (χ1v) is 17.0. The van der Waals surface area contributed by atoms with Crippen molar-refractivity contribution in [3.63, 3.8) is 0 Å². The average Bonchev–Trinajstić information content (AvgIpc) is 3.34. The van der Waals surface area contributed by atoms with Crippen molar-refractivity contribution in [2.45, 2.75) is 135 Å². The molecule has 4 rings (SSSR count). The van der Waals surface area contributed by atoms with Gasteiger partial charge in [0.1, 0.15) is 29.3 Å². The number of aliphatic hydroxyl groups excluding tert-OH is 1. The van der Waals surface area contributed by atoms with Gasteiger partial charge in [-0.2, -0.15) is 0 Å². The van der Waals surface area contributed by atoms with Gasteiger partial charge in [-0.25, -0.2) is 0 Å². The number of aliphatic hydroxyl groups is 1. The number of carbonyl (C=O) groups is 3. The fraction of sp³-hybridized carbons (Fsp3) is 0.882. The van der Waals surface area contributed by atoms with Crippen LogP contribution in [0.4, 0.5) is 0 Å². The summed E-state index contributed by atoms with van der Waals surface area (Å²) in [6.07, 6.45) is -3.63. The Morgan fingerprint density at radius 3 is 2.34 bits per heavy atom. The summed E-state index contributed by atoms with van der Waals surface area (Å²) >= 11 is 0. The van der Waals surface area contributed by atoms with E-state index >= 15 is 0 Å². The number of oxime groups is 1. The molecule has 13 nitrogen and oxygen atoms in total. The van der Waals surface area contributed by atoms with Gasteiger partial charge in [0, 0.05) is 29.7 Å². The van der Waals surface area contributed by atoms with E-state index in [-0.39, 0.29) is 49.7 Å². The minimum atomic E-state index is -1.22. The molecule has 4 heterocycles. The van der Waals surface area contributed by atoms with E-state index < -0.39 is 83.4 Å². The Labute approximate surface area is 278 Å². The minimum absolute atomic E-state index is 0.0282. The van der Waals surface area contributed by atoms with Gasteiger partial charge in [-0.05, 0) is 61.1 Å². The van der Waals surface area contributed by atoms with Crippen molar-refractivity contribution >= 4 is 23.4 Å². The highest BCUT2D eigenvalue weighted by Crippen LogP contribution is 2.46. The number of hydrogen-bond donors (Lipinski definition) is 2. The zero-order valence-electron chi connectivity index (χ0n) is 29.6. The summed E-state index contributed by atoms with van der Waals surface area (Å²) in [7, 11) is 3.78. The van der Waals surface area contributed by atoms with Crippen molar-refractivity contribution < 1.29 is 53.1 Å². The zero-order valence-corrected chi connectivity index (χ0v) is 29.6. The number of nitrogens with zero attached hydrogens (tertiary/aromatic N) is 2. The molecule has 4 fully saturated rings. The van der Waals surface area contributed by atoms with Crippen LogP contribution in [-0.4, -0.2) is 120 Å². The topological polar surface area (TPSA) is 163 Å². The van der Waals surface area contributed by atoms with E-state index in [1.807, 2.05) is 53.6 Å². The molecule has 4 saturated heterocycles. The molecular weight excluding hydrogens is 612 g/mol. The lowest BCUT2D eigenvalue weighted by atomic mass is 9.70. The Balaban J connectivity index is 1.85. The molecule has 0 saturated carbocycles. The monoisotopic (exact) mass is 668 g/mol. The van der Waals surface area contributed by atoms with E-state index in [0.29, 0.717) is 12.8 Å². The van der Waals surface area contributed by atoms with Gasteiger partial charge in [0.2, 0.25) is 0 Å². The van der Waals surface area contributed by atoms with E-state index in [0.717, 1.165) is 0 Å².